The van der Waals surface area contributed by atoms with E-state index in [0.717, 1.165) is 23.1 Å². The zero-order valence-electron chi connectivity index (χ0n) is 15.2. The predicted octanol–water partition coefficient (Wildman–Crippen LogP) is 2.41. The molecule has 0 saturated carbocycles. The summed E-state index contributed by atoms with van der Waals surface area (Å²) in [6, 6.07) is 7.14. The number of H-pyrrole nitrogens is 1. The van der Waals surface area contributed by atoms with Gasteiger partial charge in [-0.1, -0.05) is 30.0 Å². The van der Waals surface area contributed by atoms with Crippen molar-refractivity contribution in [1.82, 2.24) is 25.8 Å². The molecule has 0 aliphatic rings. The van der Waals surface area contributed by atoms with Crippen molar-refractivity contribution in [2.45, 2.75) is 50.8 Å². The van der Waals surface area contributed by atoms with Gasteiger partial charge in [-0.05, 0) is 39.3 Å². The van der Waals surface area contributed by atoms with E-state index < -0.39 is 17.2 Å². The lowest BCUT2D eigenvalue weighted by atomic mass is 10.2. The number of imide groups is 1. The highest BCUT2D eigenvalue weighted by Crippen LogP contribution is 2.20. The number of nitrogens with zero attached hydrogens (tertiary/aromatic N) is 2. The standard InChI is InChI=1S/C17H23N5O3S/c1-10(2)18-16(24)20-15(23)12(4)26-17-19-14(21-22-17)9-25-13-8-6-5-7-11(13)3/h5-8,10,12H,9H2,1-4H3,(H,19,21,22)(H2,18,20,23,24)/t12-/m1/s1. The lowest BCUT2D eigenvalue weighted by Gasteiger charge is -2.11. The van der Waals surface area contributed by atoms with Gasteiger partial charge in [0, 0.05) is 6.04 Å². The maximum atomic E-state index is 12.0. The largest absolute Gasteiger partial charge is 0.485 e. The number of nitrogens with one attached hydrogen (secondary N) is 3. The highest BCUT2D eigenvalue weighted by atomic mass is 32.2. The number of carbonyl (C=O) groups excluding carboxylic acids is 2. The molecule has 2 aromatic rings. The number of rotatable bonds is 7. The van der Waals surface area contributed by atoms with Gasteiger partial charge < -0.3 is 10.1 Å². The molecule has 1 atom stereocenters. The highest BCUT2D eigenvalue weighted by Gasteiger charge is 2.19. The third kappa shape index (κ3) is 6.07. The Morgan fingerprint density at radius 2 is 2.00 bits per heavy atom. The molecule has 26 heavy (non-hydrogen) atoms. The first-order valence-corrected chi connectivity index (χ1v) is 9.11. The summed E-state index contributed by atoms with van der Waals surface area (Å²) in [7, 11) is 0. The molecule has 1 aromatic heterocycles. The number of para-hydroxylation sites is 1. The third-order valence-corrected chi connectivity index (χ3v) is 4.24. The smallest absolute Gasteiger partial charge is 0.321 e. The number of thioether (sulfide) groups is 1. The minimum absolute atomic E-state index is 0.0467. The second kappa shape index (κ2) is 9.23. The molecule has 0 fully saturated rings. The number of hydrogen-bond acceptors (Lipinski definition) is 6. The Bertz CT molecular complexity index is 762. The Hall–Kier alpha value is -2.55. The first-order valence-electron chi connectivity index (χ1n) is 8.23. The van der Waals surface area contributed by atoms with Crippen LogP contribution in [0.25, 0.3) is 0 Å². The van der Waals surface area contributed by atoms with E-state index in [-0.39, 0.29) is 12.6 Å². The van der Waals surface area contributed by atoms with E-state index in [0.29, 0.717) is 11.0 Å². The van der Waals surface area contributed by atoms with E-state index in [2.05, 4.69) is 25.8 Å². The average molecular weight is 377 g/mol. The van der Waals surface area contributed by atoms with Gasteiger partial charge in [0.15, 0.2) is 5.82 Å². The van der Waals surface area contributed by atoms with Gasteiger partial charge in [-0.15, -0.1) is 5.10 Å². The SMILES string of the molecule is Cc1ccccc1OCc1nc(S[C@H](C)C(=O)NC(=O)NC(C)C)n[nH]1. The quantitative estimate of drug-likeness (QED) is 0.639. The molecule has 9 heteroatoms. The van der Waals surface area contributed by atoms with Crippen LogP contribution in [0.1, 0.15) is 32.2 Å². The Balaban J connectivity index is 1.84. The fourth-order valence-corrected chi connectivity index (χ4v) is 2.73. The Morgan fingerprint density at radius 3 is 2.69 bits per heavy atom. The summed E-state index contributed by atoms with van der Waals surface area (Å²) in [4.78, 5) is 27.9. The van der Waals surface area contributed by atoms with Crippen molar-refractivity contribution >= 4 is 23.7 Å². The molecular formula is C17H23N5O3S. The molecule has 0 saturated heterocycles. The number of aromatic amines is 1. The third-order valence-electron chi connectivity index (χ3n) is 3.28. The van der Waals surface area contributed by atoms with Crippen LogP contribution in [0.4, 0.5) is 4.79 Å². The van der Waals surface area contributed by atoms with E-state index in [1.54, 1.807) is 6.92 Å². The molecule has 2 rings (SSSR count). The van der Waals surface area contributed by atoms with Crippen molar-refractivity contribution in [3.63, 3.8) is 0 Å². The molecule has 0 radical (unpaired) electrons. The molecule has 3 amide bonds. The maximum Gasteiger partial charge on any atom is 0.321 e. The molecule has 1 heterocycles. The van der Waals surface area contributed by atoms with Gasteiger partial charge >= 0.3 is 6.03 Å². The van der Waals surface area contributed by atoms with Crippen molar-refractivity contribution in [2.75, 3.05) is 0 Å². The molecule has 0 aliphatic carbocycles. The molecule has 0 bridgehead atoms. The normalized spacial score (nSPS) is 11.9. The van der Waals surface area contributed by atoms with Crippen LogP contribution in [-0.4, -0.2) is 38.4 Å². The van der Waals surface area contributed by atoms with E-state index in [1.165, 1.54) is 0 Å². The number of amides is 3. The van der Waals surface area contributed by atoms with Crippen molar-refractivity contribution in [2.24, 2.45) is 0 Å². The van der Waals surface area contributed by atoms with Crippen LogP contribution in [0.15, 0.2) is 29.4 Å². The number of carbonyl (C=O) groups is 2. The van der Waals surface area contributed by atoms with E-state index in [4.69, 9.17) is 4.74 Å². The summed E-state index contributed by atoms with van der Waals surface area (Å²) in [6.07, 6.45) is 0. The maximum absolute atomic E-state index is 12.0. The molecule has 8 nitrogen and oxygen atoms in total. The molecule has 1 aromatic carbocycles. The van der Waals surface area contributed by atoms with Crippen LogP contribution >= 0.6 is 11.8 Å². The van der Waals surface area contributed by atoms with Crippen LogP contribution in [0.5, 0.6) is 5.75 Å². The number of benzene rings is 1. The first-order chi connectivity index (χ1) is 12.3. The average Bonchev–Trinajstić information content (AvgIpc) is 3.00. The van der Waals surface area contributed by atoms with Crippen LogP contribution in [-0.2, 0) is 11.4 Å². The Kier molecular flexibility index (Phi) is 7.02. The summed E-state index contributed by atoms with van der Waals surface area (Å²) in [5.41, 5.74) is 1.03. The predicted molar refractivity (Wildman–Crippen MR) is 99.0 cm³/mol. The molecule has 3 N–H and O–H groups in total. The topological polar surface area (TPSA) is 109 Å². The summed E-state index contributed by atoms with van der Waals surface area (Å²) in [5.74, 6) is 0.929. The van der Waals surface area contributed by atoms with Gasteiger partial charge in [0.1, 0.15) is 12.4 Å². The Labute approximate surface area is 156 Å². The first kappa shape index (κ1) is 19.8. The minimum atomic E-state index is -0.520. The van der Waals surface area contributed by atoms with Gasteiger partial charge in [0.05, 0.1) is 5.25 Å². The number of urea groups is 1. The van der Waals surface area contributed by atoms with Crippen molar-refractivity contribution in [3.8, 4) is 5.75 Å². The zero-order chi connectivity index (χ0) is 19.1. The fourth-order valence-electron chi connectivity index (χ4n) is 1.98. The van der Waals surface area contributed by atoms with Crippen molar-refractivity contribution in [3.05, 3.63) is 35.7 Å². The summed E-state index contributed by atoms with van der Waals surface area (Å²) in [5, 5.41) is 11.6. The molecule has 140 valence electrons. The van der Waals surface area contributed by atoms with Crippen LogP contribution in [0, 0.1) is 6.92 Å². The minimum Gasteiger partial charge on any atom is -0.485 e. The molecule has 0 unspecified atom stereocenters. The van der Waals surface area contributed by atoms with Crippen LogP contribution < -0.4 is 15.4 Å². The van der Waals surface area contributed by atoms with Gasteiger partial charge in [-0.2, -0.15) is 0 Å². The number of hydrogen-bond donors (Lipinski definition) is 3. The highest BCUT2D eigenvalue weighted by molar-refractivity contribution is 8.00. The Morgan fingerprint density at radius 1 is 1.27 bits per heavy atom. The zero-order valence-corrected chi connectivity index (χ0v) is 16.0. The van der Waals surface area contributed by atoms with Gasteiger partial charge in [0.2, 0.25) is 11.1 Å². The van der Waals surface area contributed by atoms with Crippen LogP contribution in [0.2, 0.25) is 0 Å². The van der Waals surface area contributed by atoms with Crippen molar-refractivity contribution in [1.29, 1.82) is 0 Å². The van der Waals surface area contributed by atoms with Gasteiger partial charge in [-0.25, -0.2) is 9.78 Å². The van der Waals surface area contributed by atoms with E-state index in [1.807, 2.05) is 45.0 Å². The molecular weight excluding hydrogens is 354 g/mol. The summed E-state index contributed by atoms with van der Waals surface area (Å²) < 4.78 is 5.70. The number of ether oxygens (including phenoxy) is 1. The van der Waals surface area contributed by atoms with E-state index >= 15 is 0 Å². The number of aryl methyl sites for hydroxylation is 1. The monoisotopic (exact) mass is 377 g/mol. The summed E-state index contributed by atoms with van der Waals surface area (Å²) >= 11 is 1.16. The molecule has 0 aliphatic heterocycles. The summed E-state index contributed by atoms with van der Waals surface area (Å²) in [6.45, 7) is 7.53. The fraction of sp³-hybridized carbons (Fsp3) is 0.412. The molecule has 0 spiro atoms. The lowest BCUT2D eigenvalue weighted by molar-refractivity contribution is -0.119. The van der Waals surface area contributed by atoms with Crippen LogP contribution in [0.3, 0.4) is 0 Å². The van der Waals surface area contributed by atoms with Gasteiger partial charge in [-0.3, -0.25) is 15.2 Å². The number of aromatic nitrogens is 3. The second-order valence-electron chi connectivity index (χ2n) is 6.00. The lowest BCUT2D eigenvalue weighted by Crippen LogP contribution is -2.45. The van der Waals surface area contributed by atoms with Crippen molar-refractivity contribution < 1.29 is 14.3 Å². The van der Waals surface area contributed by atoms with E-state index in [9.17, 15) is 9.59 Å². The van der Waals surface area contributed by atoms with Gasteiger partial charge in [0.25, 0.3) is 0 Å². The second-order valence-corrected chi connectivity index (χ2v) is 7.30.